The molecule has 2 nitrogen and oxygen atoms in total. The van der Waals surface area contributed by atoms with Gasteiger partial charge in [-0.1, -0.05) is 31.5 Å². The Hall–Kier alpha value is -1.31. The molecule has 13 heavy (non-hydrogen) atoms. The van der Waals surface area contributed by atoms with Gasteiger partial charge >= 0.3 is 0 Å². The number of benzene rings is 1. The van der Waals surface area contributed by atoms with Gasteiger partial charge in [-0.3, -0.25) is 4.79 Å². The molecule has 0 aliphatic rings. The van der Waals surface area contributed by atoms with Gasteiger partial charge in [-0.05, 0) is 18.6 Å². The highest BCUT2D eigenvalue weighted by Crippen LogP contribution is 1.98. The van der Waals surface area contributed by atoms with Crippen molar-refractivity contribution in [2.75, 3.05) is 0 Å². The maximum Gasteiger partial charge on any atom is 0.251 e. The van der Waals surface area contributed by atoms with E-state index in [-0.39, 0.29) is 5.91 Å². The van der Waals surface area contributed by atoms with Gasteiger partial charge in [0.1, 0.15) is 0 Å². The van der Waals surface area contributed by atoms with Crippen molar-refractivity contribution in [3.63, 3.8) is 0 Å². The molecule has 69 valence electrons. The van der Waals surface area contributed by atoms with Crippen LogP contribution in [0, 0.1) is 6.54 Å². The number of rotatable bonds is 4. The predicted molar refractivity (Wildman–Crippen MR) is 53.1 cm³/mol. The van der Waals surface area contributed by atoms with Gasteiger partial charge in [0.2, 0.25) is 0 Å². The van der Waals surface area contributed by atoms with E-state index in [1.165, 1.54) is 0 Å². The number of hydrogen-bond donors (Lipinski definition) is 1. The van der Waals surface area contributed by atoms with Crippen LogP contribution in [0.15, 0.2) is 30.3 Å². The van der Waals surface area contributed by atoms with Crippen molar-refractivity contribution >= 4 is 5.91 Å². The maximum atomic E-state index is 11.4. The molecule has 1 rings (SSSR count). The molecule has 0 aromatic heterocycles. The highest BCUT2D eigenvalue weighted by atomic mass is 16.1. The third-order valence-electron chi connectivity index (χ3n) is 1.70. The van der Waals surface area contributed by atoms with Gasteiger partial charge in [0, 0.05) is 12.1 Å². The first-order valence-electron chi connectivity index (χ1n) is 4.52. The van der Waals surface area contributed by atoms with Crippen LogP contribution >= 0.6 is 0 Å². The van der Waals surface area contributed by atoms with E-state index in [4.69, 9.17) is 0 Å². The van der Waals surface area contributed by atoms with Crippen LogP contribution < -0.4 is 5.32 Å². The second-order valence-electron chi connectivity index (χ2n) is 2.83. The van der Waals surface area contributed by atoms with Crippen LogP contribution in [0.3, 0.4) is 0 Å². The smallest absolute Gasteiger partial charge is 0.251 e. The molecule has 0 heterocycles. The lowest BCUT2D eigenvalue weighted by atomic mass is 10.2. The fourth-order valence-electron chi connectivity index (χ4n) is 0.982. The van der Waals surface area contributed by atoms with Gasteiger partial charge in [-0.25, -0.2) is 0 Å². The molecule has 0 aliphatic carbocycles. The molecule has 0 aliphatic heterocycles. The zero-order valence-corrected chi connectivity index (χ0v) is 7.79. The molecule has 0 saturated carbocycles. The summed E-state index contributed by atoms with van der Waals surface area (Å²) in [5, 5.41) is 2.74. The summed E-state index contributed by atoms with van der Waals surface area (Å²) >= 11 is 0. The first kappa shape index (κ1) is 9.78. The Bertz CT molecular complexity index is 256. The topological polar surface area (TPSA) is 29.1 Å². The summed E-state index contributed by atoms with van der Waals surface area (Å²) in [6.45, 7) is 3.88. The lowest BCUT2D eigenvalue weighted by Crippen LogP contribution is -2.20. The zero-order valence-electron chi connectivity index (χ0n) is 7.79. The molecule has 1 radical (unpaired) electrons. The maximum absolute atomic E-state index is 11.4. The molecule has 0 unspecified atom stereocenters. The Morgan fingerprint density at radius 3 is 2.69 bits per heavy atom. The predicted octanol–water partition coefficient (Wildman–Crippen LogP) is 2.38. The molecule has 1 N–H and O–H groups in total. The minimum Gasteiger partial charge on any atom is -0.347 e. The summed E-state index contributed by atoms with van der Waals surface area (Å²) in [5.41, 5.74) is 0.704. The fourth-order valence-corrected chi connectivity index (χ4v) is 0.982. The largest absolute Gasteiger partial charge is 0.347 e. The van der Waals surface area contributed by atoms with E-state index in [1.54, 1.807) is 18.7 Å². The van der Waals surface area contributed by atoms with Crippen LogP contribution in [0.1, 0.15) is 30.1 Å². The Morgan fingerprint density at radius 1 is 1.38 bits per heavy atom. The molecular formula is C11H14NO. The first-order chi connectivity index (χ1) is 6.34. The Kier molecular flexibility index (Phi) is 4.03. The molecule has 1 aromatic rings. The molecule has 1 amide bonds. The molecule has 0 saturated heterocycles. The highest BCUT2D eigenvalue weighted by molar-refractivity contribution is 5.94. The van der Waals surface area contributed by atoms with Gasteiger partial charge in [0.15, 0.2) is 0 Å². The second kappa shape index (κ2) is 5.36. The normalized spacial score (nSPS) is 9.62. The van der Waals surface area contributed by atoms with Crippen LogP contribution in [-0.4, -0.2) is 5.91 Å². The third-order valence-corrected chi connectivity index (χ3v) is 1.70. The van der Waals surface area contributed by atoms with Crippen LogP contribution in [-0.2, 0) is 0 Å². The number of unbranched alkanes of at least 4 members (excludes halogenated alkanes) is 1. The lowest BCUT2D eigenvalue weighted by molar-refractivity contribution is 0.0963. The minimum absolute atomic E-state index is 0.0333. The number of carbonyl (C=O) groups excluding carboxylic acids is 1. The summed E-state index contributed by atoms with van der Waals surface area (Å²) in [5.74, 6) is -0.0333. The average molecular weight is 176 g/mol. The molecular weight excluding hydrogens is 162 g/mol. The van der Waals surface area contributed by atoms with Crippen molar-refractivity contribution in [3.8, 4) is 0 Å². The molecule has 0 fully saturated rings. The van der Waals surface area contributed by atoms with E-state index in [9.17, 15) is 4.79 Å². The summed E-state index contributed by atoms with van der Waals surface area (Å²) < 4.78 is 0. The number of nitrogens with one attached hydrogen (secondary N) is 1. The molecule has 0 atom stereocenters. The Morgan fingerprint density at radius 2 is 2.08 bits per heavy atom. The standard InChI is InChI=1S/C11H14NO/c1-2-3-9-12-11(13)10-7-5-4-6-8-10/h4-9H,2-3H2,1H3,(H,12,13). The second-order valence-corrected chi connectivity index (χ2v) is 2.83. The summed E-state index contributed by atoms with van der Waals surface area (Å²) in [4.78, 5) is 11.4. The van der Waals surface area contributed by atoms with Crippen LogP contribution in [0.5, 0.6) is 0 Å². The van der Waals surface area contributed by atoms with Crippen molar-refractivity contribution in [1.29, 1.82) is 0 Å². The van der Waals surface area contributed by atoms with E-state index in [2.05, 4.69) is 12.2 Å². The van der Waals surface area contributed by atoms with Gasteiger partial charge in [0.25, 0.3) is 5.91 Å². The Labute approximate surface area is 79.0 Å². The lowest BCUT2D eigenvalue weighted by Gasteiger charge is -2.02. The molecule has 0 spiro atoms. The fraction of sp³-hybridized carbons (Fsp3) is 0.273. The third kappa shape index (κ3) is 3.28. The Balaban J connectivity index is 2.40. The van der Waals surface area contributed by atoms with Gasteiger partial charge in [0.05, 0.1) is 0 Å². The van der Waals surface area contributed by atoms with Crippen LogP contribution in [0.4, 0.5) is 0 Å². The quantitative estimate of drug-likeness (QED) is 0.701. The van der Waals surface area contributed by atoms with Crippen molar-refractivity contribution in [1.82, 2.24) is 5.32 Å². The SMILES string of the molecule is CCC[CH]NC(=O)c1ccccc1. The zero-order chi connectivity index (χ0) is 9.52. The number of carbonyl (C=O) groups is 1. The summed E-state index contributed by atoms with van der Waals surface area (Å²) in [6.07, 6.45) is 1.97. The van der Waals surface area contributed by atoms with Gasteiger partial charge < -0.3 is 5.32 Å². The molecule has 1 aromatic carbocycles. The van der Waals surface area contributed by atoms with Crippen LogP contribution in [0.25, 0.3) is 0 Å². The van der Waals surface area contributed by atoms with E-state index >= 15 is 0 Å². The van der Waals surface area contributed by atoms with E-state index < -0.39 is 0 Å². The van der Waals surface area contributed by atoms with E-state index in [0.29, 0.717) is 5.56 Å². The number of amides is 1. The van der Waals surface area contributed by atoms with Crippen molar-refractivity contribution < 1.29 is 4.79 Å². The van der Waals surface area contributed by atoms with Gasteiger partial charge in [-0.15, -0.1) is 0 Å². The first-order valence-corrected chi connectivity index (χ1v) is 4.52. The highest BCUT2D eigenvalue weighted by Gasteiger charge is 2.01. The molecule has 0 bridgehead atoms. The van der Waals surface area contributed by atoms with E-state index in [0.717, 1.165) is 12.8 Å². The minimum atomic E-state index is -0.0333. The van der Waals surface area contributed by atoms with Crippen molar-refractivity contribution in [3.05, 3.63) is 42.4 Å². The number of hydrogen-bond acceptors (Lipinski definition) is 1. The monoisotopic (exact) mass is 176 g/mol. The summed E-state index contributed by atoms with van der Waals surface area (Å²) in [6, 6.07) is 9.21. The van der Waals surface area contributed by atoms with Crippen LogP contribution in [0.2, 0.25) is 0 Å². The van der Waals surface area contributed by atoms with Gasteiger partial charge in [-0.2, -0.15) is 0 Å². The van der Waals surface area contributed by atoms with Crippen molar-refractivity contribution in [2.24, 2.45) is 0 Å². The summed E-state index contributed by atoms with van der Waals surface area (Å²) in [7, 11) is 0. The average Bonchev–Trinajstić information content (AvgIpc) is 2.19. The van der Waals surface area contributed by atoms with Crippen molar-refractivity contribution in [2.45, 2.75) is 19.8 Å². The van der Waals surface area contributed by atoms with E-state index in [1.807, 2.05) is 18.2 Å². The molecule has 2 heteroatoms.